The van der Waals surface area contributed by atoms with Crippen LogP contribution in [0.4, 0.5) is 5.69 Å². The fourth-order valence-corrected chi connectivity index (χ4v) is 1.51. The van der Waals surface area contributed by atoms with Gasteiger partial charge in [0.05, 0.1) is 12.6 Å². The molecule has 0 aliphatic carbocycles. The van der Waals surface area contributed by atoms with Crippen LogP contribution in [0.25, 0.3) is 0 Å². The third kappa shape index (κ3) is 3.41. The van der Waals surface area contributed by atoms with Crippen LogP contribution >= 0.6 is 0 Å². The minimum absolute atomic E-state index is 0.0570. The predicted molar refractivity (Wildman–Crippen MR) is 68.7 cm³/mol. The third-order valence-corrected chi connectivity index (χ3v) is 2.52. The molecular weight excluding hydrogens is 246 g/mol. The lowest BCUT2D eigenvalue weighted by atomic mass is 10.1. The van der Waals surface area contributed by atoms with Gasteiger partial charge in [-0.3, -0.25) is 9.59 Å². The average molecular weight is 259 g/mol. The molecule has 2 N–H and O–H groups in total. The fourth-order valence-electron chi connectivity index (χ4n) is 1.51. The van der Waals surface area contributed by atoms with Crippen LogP contribution in [0.2, 0.25) is 0 Å². The van der Waals surface area contributed by atoms with Gasteiger partial charge >= 0.3 is 0 Å². The van der Waals surface area contributed by atoms with Crippen LogP contribution in [0.15, 0.2) is 41.1 Å². The second kappa shape index (κ2) is 5.81. The maximum Gasteiger partial charge on any atom is 0.294 e. The number of amides is 2. The lowest BCUT2D eigenvalue weighted by Crippen LogP contribution is -2.19. The smallest absolute Gasteiger partial charge is 0.294 e. The number of anilines is 1. The third-order valence-electron chi connectivity index (χ3n) is 2.52. The van der Waals surface area contributed by atoms with Crippen LogP contribution < -0.4 is 10.6 Å². The summed E-state index contributed by atoms with van der Waals surface area (Å²) in [5.41, 5.74) is 1.50. The first-order valence-electron chi connectivity index (χ1n) is 5.70. The normalized spacial score (nSPS) is 9.95. The van der Waals surface area contributed by atoms with Crippen LogP contribution in [0, 0.1) is 0 Å². The summed E-state index contributed by atoms with van der Waals surface area (Å²) in [6, 6.07) is 8.50. The van der Waals surface area contributed by atoms with E-state index in [0.717, 1.165) is 5.56 Å². The molecule has 0 bridgehead atoms. The van der Waals surface area contributed by atoms with Crippen molar-refractivity contribution in [3.63, 3.8) is 0 Å². The molecule has 2 rings (SSSR count). The molecule has 6 heteroatoms. The van der Waals surface area contributed by atoms with Crippen LogP contribution in [0.3, 0.4) is 0 Å². The number of carbonyl (C=O) groups excluding carboxylic acids is 2. The van der Waals surface area contributed by atoms with Crippen molar-refractivity contribution in [1.82, 2.24) is 10.5 Å². The molecule has 2 amide bonds. The SMILES string of the molecule is CNC(=O)Cc1ccc(NC(=O)c2ccno2)cc1. The lowest BCUT2D eigenvalue weighted by Gasteiger charge is -2.04. The van der Waals surface area contributed by atoms with Crippen molar-refractivity contribution in [3.8, 4) is 0 Å². The second-order valence-electron chi connectivity index (χ2n) is 3.88. The highest BCUT2D eigenvalue weighted by Crippen LogP contribution is 2.11. The summed E-state index contributed by atoms with van der Waals surface area (Å²) in [6.45, 7) is 0. The number of hydrogen-bond donors (Lipinski definition) is 2. The lowest BCUT2D eigenvalue weighted by molar-refractivity contribution is -0.119. The summed E-state index contributed by atoms with van der Waals surface area (Å²) < 4.78 is 4.74. The molecule has 6 nitrogen and oxygen atoms in total. The number of hydrogen-bond acceptors (Lipinski definition) is 4. The number of carbonyl (C=O) groups is 2. The van der Waals surface area contributed by atoms with E-state index in [1.807, 2.05) is 0 Å². The molecule has 1 aromatic carbocycles. The standard InChI is InChI=1S/C13H13N3O3/c1-14-12(17)8-9-2-4-10(5-3-9)16-13(18)11-6-7-15-19-11/h2-7H,8H2,1H3,(H,14,17)(H,16,18). The van der Waals surface area contributed by atoms with Gasteiger partial charge in [-0.2, -0.15) is 0 Å². The Kier molecular flexibility index (Phi) is 3.92. The van der Waals surface area contributed by atoms with E-state index in [1.54, 1.807) is 31.3 Å². The Balaban J connectivity index is 1.99. The highest BCUT2D eigenvalue weighted by atomic mass is 16.5. The monoisotopic (exact) mass is 259 g/mol. The molecule has 0 saturated heterocycles. The van der Waals surface area contributed by atoms with Gasteiger partial charge < -0.3 is 15.2 Å². The van der Waals surface area contributed by atoms with E-state index in [4.69, 9.17) is 4.52 Å². The maximum absolute atomic E-state index is 11.7. The highest BCUT2D eigenvalue weighted by Gasteiger charge is 2.09. The molecule has 19 heavy (non-hydrogen) atoms. The highest BCUT2D eigenvalue weighted by molar-refractivity contribution is 6.02. The van der Waals surface area contributed by atoms with Crippen LogP contribution in [-0.4, -0.2) is 24.0 Å². The first-order valence-corrected chi connectivity index (χ1v) is 5.70. The maximum atomic E-state index is 11.7. The number of nitrogens with one attached hydrogen (secondary N) is 2. The molecule has 0 aliphatic heterocycles. The summed E-state index contributed by atoms with van der Waals surface area (Å²) in [5.74, 6) is -0.274. The van der Waals surface area contributed by atoms with Gasteiger partial charge in [0.15, 0.2) is 0 Å². The molecule has 0 atom stereocenters. The van der Waals surface area contributed by atoms with Gasteiger partial charge in [-0.05, 0) is 17.7 Å². The van der Waals surface area contributed by atoms with Crippen molar-refractivity contribution in [2.45, 2.75) is 6.42 Å². The van der Waals surface area contributed by atoms with E-state index in [0.29, 0.717) is 12.1 Å². The average Bonchev–Trinajstić information content (AvgIpc) is 2.95. The molecule has 0 radical (unpaired) electrons. The predicted octanol–water partition coefficient (Wildman–Crippen LogP) is 1.22. The zero-order valence-electron chi connectivity index (χ0n) is 10.3. The molecule has 98 valence electrons. The summed E-state index contributed by atoms with van der Waals surface area (Å²) in [5, 5.41) is 8.68. The Bertz CT molecular complexity index is 561. The van der Waals surface area contributed by atoms with Crippen molar-refractivity contribution >= 4 is 17.5 Å². The van der Waals surface area contributed by atoms with Crippen LogP contribution in [0.5, 0.6) is 0 Å². The number of rotatable bonds is 4. The first-order chi connectivity index (χ1) is 9.19. The Labute approximate surface area is 109 Å². The summed E-state index contributed by atoms with van der Waals surface area (Å²) in [6.07, 6.45) is 1.72. The van der Waals surface area contributed by atoms with Crippen LogP contribution in [0.1, 0.15) is 16.1 Å². The van der Waals surface area contributed by atoms with Gasteiger partial charge in [0.2, 0.25) is 11.7 Å². The van der Waals surface area contributed by atoms with Gasteiger partial charge in [0.25, 0.3) is 5.91 Å². The van der Waals surface area contributed by atoms with Crippen molar-refractivity contribution < 1.29 is 14.1 Å². The Morgan fingerprint density at radius 1 is 1.21 bits per heavy atom. The molecule has 0 aliphatic rings. The number of nitrogens with zero attached hydrogens (tertiary/aromatic N) is 1. The van der Waals surface area contributed by atoms with Gasteiger partial charge in [0.1, 0.15) is 0 Å². The van der Waals surface area contributed by atoms with Gasteiger partial charge in [0, 0.05) is 18.8 Å². The minimum Gasteiger partial charge on any atom is -0.359 e. The largest absolute Gasteiger partial charge is 0.359 e. The van der Waals surface area contributed by atoms with E-state index in [1.165, 1.54) is 12.3 Å². The van der Waals surface area contributed by atoms with Gasteiger partial charge in [-0.15, -0.1) is 0 Å². The summed E-state index contributed by atoms with van der Waals surface area (Å²) >= 11 is 0. The Morgan fingerprint density at radius 2 is 1.95 bits per heavy atom. The first kappa shape index (κ1) is 12.8. The van der Waals surface area contributed by atoms with Crippen molar-refractivity contribution in [3.05, 3.63) is 47.9 Å². The zero-order valence-corrected chi connectivity index (χ0v) is 10.3. The molecular formula is C13H13N3O3. The second-order valence-corrected chi connectivity index (χ2v) is 3.88. The van der Waals surface area contributed by atoms with Gasteiger partial charge in [-0.25, -0.2) is 0 Å². The van der Waals surface area contributed by atoms with Crippen molar-refractivity contribution in [1.29, 1.82) is 0 Å². The molecule has 0 saturated carbocycles. The quantitative estimate of drug-likeness (QED) is 0.864. The number of benzene rings is 1. The fraction of sp³-hybridized carbons (Fsp3) is 0.154. The molecule has 1 heterocycles. The molecule has 1 aromatic heterocycles. The van der Waals surface area contributed by atoms with E-state index in [2.05, 4.69) is 15.8 Å². The van der Waals surface area contributed by atoms with E-state index in [-0.39, 0.29) is 17.6 Å². The molecule has 2 aromatic rings. The van der Waals surface area contributed by atoms with Crippen molar-refractivity contribution in [2.24, 2.45) is 0 Å². The van der Waals surface area contributed by atoms with E-state index < -0.39 is 0 Å². The Hall–Kier alpha value is -2.63. The number of aromatic nitrogens is 1. The summed E-state index contributed by atoms with van der Waals surface area (Å²) in [4.78, 5) is 22.9. The van der Waals surface area contributed by atoms with Crippen LogP contribution in [-0.2, 0) is 11.2 Å². The zero-order chi connectivity index (χ0) is 13.7. The van der Waals surface area contributed by atoms with E-state index in [9.17, 15) is 9.59 Å². The topological polar surface area (TPSA) is 84.2 Å². The molecule has 0 fully saturated rings. The minimum atomic E-state index is -0.364. The molecule has 0 unspecified atom stereocenters. The molecule has 0 spiro atoms. The Morgan fingerprint density at radius 3 is 2.53 bits per heavy atom. The summed E-state index contributed by atoms with van der Waals surface area (Å²) in [7, 11) is 1.59. The number of likely N-dealkylation sites (N-methyl/N-ethyl adjacent to an activating group) is 1. The van der Waals surface area contributed by atoms with E-state index >= 15 is 0 Å². The van der Waals surface area contributed by atoms with Gasteiger partial charge in [-0.1, -0.05) is 17.3 Å². The van der Waals surface area contributed by atoms with Crippen molar-refractivity contribution in [2.75, 3.05) is 12.4 Å².